The average Bonchev–Trinajstić information content (AvgIpc) is 2.96. The van der Waals surface area contributed by atoms with Gasteiger partial charge in [0.1, 0.15) is 5.75 Å². The number of anilines is 1. The van der Waals surface area contributed by atoms with Crippen LogP contribution in [0.15, 0.2) is 54.6 Å². The lowest BCUT2D eigenvalue weighted by molar-refractivity contribution is 0.251. The van der Waals surface area contributed by atoms with Crippen LogP contribution in [0.25, 0.3) is 5.69 Å². The summed E-state index contributed by atoms with van der Waals surface area (Å²) in [6.45, 7) is 6.92. The zero-order valence-corrected chi connectivity index (χ0v) is 15.8. The molecule has 140 valence electrons. The fourth-order valence-corrected chi connectivity index (χ4v) is 2.90. The smallest absolute Gasteiger partial charge is 0.319 e. The van der Waals surface area contributed by atoms with E-state index < -0.39 is 0 Å². The highest BCUT2D eigenvalue weighted by Gasteiger charge is 2.13. The molecule has 3 aromatic rings. The van der Waals surface area contributed by atoms with Gasteiger partial charge in [-0.1, -0.05) is 18.2 Å². The molecule has 2 amide bonds. The Balaban J connectivity index is 1.63. The Morgan fingerprint density at radius 1 is 1.07 bits per heavy atom. The summed E-state index contributed by atoms with van der Waals surface area (Å²) in [4.78, 5) is 12.2. The second-order valence-corrected chi connectivity index (χ2v) is 6.16. The molecule has 1 aromatic heterocycles. The summed E-state index contributed by atoms with van der Waals surface area (Å²) in [5, 5.41) is 10.3. The minimum Gasteiger partial charge on any atom is -0.494 e. The van der Waals surface area contributed by atoms with Gasteiger partial charge in [-0.3, -0.25) is 0 Å². The largest absolute Gasteiger partial charge is 0.494 e. The number of benzene rings is 2. The van der Waals surface area contributed by atoms with E-state index in [9.17, 15) is 4.79 Å². The number of ether oxygens (including phenoxy) is 1. The molecular formula is C21H24N4O2. The van der Waals surface area contributed by atoms with Gasteiger partial charge in [0.15, 0.2) is 0 Å². The Labute approximate surface area is 159 Å². The van der Waals surface area contributed by atoms with Gasteiger partial charge in [0.2, 0.25) is 0 Å². The predicted octanol–water partition coefficient (Wildman–Crippen LogP) is 4.21. The van der Waals surface area contributed by atoms with Crippen molar-refractivity contribution in [3.05, 3.63) is 71.5 Å². The molecule has 6 nitrogen and oxygen atoms in total. The van der Waals surface area contributed by atoms with Gasteiger partial charge < -0.3 is 15.4 Å². The molecule has 2 aromatic carbocycles. The maximum absolute atomic E-state index is 12.2. The third-order valence-electron chi connectivity index (χ3n) is 4.29. The van der Waals surface area contributed by atoms with Crippen molar-refractivity contribution in [2.45, 2.75) is 27.3 Å². The number of para-hydroxylation sites is 1. The maximum Gasteiger partial charge on any atom is 0.319 e. The molecule has 27 heavy (non-hydrogen) atoms. The Kier molecular flexibility index (Phi) is 5.76. The molecule has 0 unspecified atom stereocenters. The lowest BCUT2D eigenvalue weighted by Crippen LogP contribution is -2.28. The van der Waals surface area contributed by atoms with Crippen LogP contribution in [0.5, 0.6) is 5.75 Å². The molecule has 0 aliphatic heterocycles. The number of amides is 2. The molecule has 0 aliphatic carbocycles. The van der Waals surface area contributed by atoms with Crippen LogP contribution in [0.4, 0.5) is 10.5 Å². The van der Waals surface area contributed by atoms with Gasteiger partial charge in [0, 0.05) is 23.5 Å². The zero-order valence-electron chi connectivity index (χ0n) is 15.8. The minimum absolute atomic E-state index is 0.259. The Morgan fingerprint density at radius 3 is 2.44 bits per heavy atom. The lowest BCUT2D eigenvalue weighted by atomic mass is 10.2. The van der Waals surface area contributed by atoms with Gasteiger partial charge in [-0.05, 0) is 57.2 Å². The number of rotatable bonds is 6. The normalized spacial score (nSPS) is 10.5. The molecule has 2 N–H and O–H groups in total. The fourth-order valence-electron chi connectivity index (χ4n) is 2.90. The lowest BCUT2D eigenvalue weighted by Gasteiger charge is -2.09. The molecule has 6 heteroatoms. The van der Waals surface area contributed by atoms with E-state index in [0.29, 0.717) is 18.8 Å². The highest BCUT2D eigenvalue weighted by atomic mass is 16.5. The fraction of sp³-hybridized carbons (Fsp3) is 0.238. The highest BCUT2D eigenvalue weighted by Crippen LogP contribution is 2.18. The summed E-state index contributed by atoms with van der Waals surface area (Å²) in [7, 11) is 0. The molecule has 0 atom stereocenters. The number of aromatic nitrogens is 2. The molecule has 0 spiro atoms. The number of carbonyl (C=O) groups is 1. The second-order valence-electron chi connectivity index (χ2n) is 6.16. The van der Waals surface area contributed by atoms with E-state index in [1.54, 1.807) is 0 Å². The van der Waals surface area contributed by atoms with Gasteiger partial charge in [0.05, 0.1) is 18.0 Å². The van der Waals surface area contributed by atoms with E-state index in [1.165, 1.54) is 0 Å². The number of carbonyl (C=O) groups excluding carboxylic acids is 1. The summed E-state index contributed by atoms with van der Waals surface area (Å²) in [5.41, 5.74) is 4.64. The first-order chi connectivity index (χ1) is 13.1. The minimum atomic E-state index is -0.259. The number of hydrogen-bond acceptors (Lipinski definition) is 3. The highest BCUT2D eigenvalue weighted by molar-refractivity contribution is 5.89. The van der Waals surface area contributed by atoms with Crippen LogP contribution in [0.1, 0.15) is 23.9 Å². The van der Waals surface area contributed by atoms with Gasteiger partial charge >= 0.3 is 6.03 Å². The second kappa shape index (κ2) is 8.40. The number of hydrogen-bond donors (Lipinski definition) is 2. The van der Waals surface area contributed by atoms with E-state index in [4.69, 9.17) is 4.74 Å². The number of nitrogens with zero attached hydrogens (tertiary/aromatic N) is 2. The number of aryl methyl sites for hydroxylation is 1. The van der Waals surface area contributed by atoms with Crippen molar-refractivity contribution in [2.24, 2.45) is 0 Å². The van der Waals surface area contributed by atoms with Crippen molar-refractivity contribution in [1.29, 1.82) is 0 Å². The summed E-state index contributed by atoms with van der Waals surface area (Å²) in [6.07, 6.45) is 0. The van der Waals surface area contributed by atoms with Crippen molar-refractivity contribution < 1.29 is 9.53 Å². The molecule has 0 fully saturated rings. The molecule has 3 rings (SSSR count). The van der Waals surface area contributed by atoms with Crippen LogP contribution in [0, 0.1) is 13.8 Å². The number of nitrogens with one attached hydrogen (secondary N) is 2. The van der Waals surface area contributed by atoms with E-state index >= 15 is 0 Å². The molecular weight excluding hydrogens is 340 g/mol. The average molecular weight is 364 g/mol. The Morgan fingerprint density at radius 2 is 1.78 bits per heavy atom. The van der Waals surface area contributed by atoms with E-state index in [-0.39, 0.29) is 6.03 Å². The van der Waals surface area contributed by atoms with Crippen molar-refractivity contribution in [2.75, 3.05) is 11.9 Å². The quantitative estimate of drug-likeness (QED) is 0.688. The van der Waals surface area contributed by atoms with Gasteiger partial charge in [-0.15, -0.1) is 0 Å². The van der Waals surface area contributed by atoms with Crippen LogP contribution in [-0.4, -0.2) is 22.4 Å². The predicted molar refractivity (Wildman–Crippen MR) is 107 cm³/mol. The van der Waals surface area contributed by atoms with E-state index in [0.717, 1.165) is 28.4 Å². The monoisotopic (exact) mass is 364 g/mol. The van der Waals surface area contributed by atoms with Crippen molar-refractivity contribution in [1.82, 2.24) is 15.1 Å². The third-order valence-corrected chi connectivity index (χ3v) is 4.29. The molecule has 0 radical (unpaired) electrons. The maximum atomic E-state index is 12.2. The van der Waals surface area contributed by atoms with Gasteiger partial charge in [-0.2, -0.15) is 5.10 Å². The summed E-state index contributed by atoms with van der Waals surface area (Å²) < 4.78 is 7.30. The van der Waals surface area contributed by atoms with Crippen LogP contribution in [0.2, 0.25) is 0 Å². The summed E-state index contributed by atoms with van der Waals surface area (Å²) in [5.74, 6) is 0.781. The SMILES string of the molecule is CCOc1ccc(NC(=O)NCc2c(C)nn(-c3ccccc3)c2C)cc1. The van der Waals surface area contributed by atoms with E-state index in [2.05, 4.69) is 15.7 Å². The molecule has 0 bridgehead atoms. The van der Waals surface area contributed by atoms with Crippen LogP contribution < -0.4 is 15.4 Å². The Hall–Kier alpha value is -3.28. The molecule has 0 saturated carbocycles. The first-order valence-electron chi connectivity index (χ1n) is 8.96. The van der Waals surface area contributed by atoms with Crippen LogP contribution in [0.3, 0.4) is 0 Å². The van der Waals surface area contributed by atoms with Crippen molar-refractivity contribution in [3.63, 3.8) is 0 Å². The molecule has 1 heterocycles. The summed E-state index contributed by atoms with van der Waals surface area (Å²) >= 11 is 0. The standard InChI is InChI=1S/C21H24N4O2/c1-4-27-19-12-10-17(11-13-19)23-21(26)22-14-20-15(2)24-25(16(20)3)18-8-6-5-7-9-18/h5-13H,4,14H2,1-3H3,(H2,22,23,26). The van der Waals surface area contributed by atoms with Crippen molar-refractivity contribution in [3.8, 4) is 11.4 Å². The molecule has 0 saturated heterocycles. The topological polar surface area (TPSA) is 68.2 Å². The Bertz CT molecular complexity index is 902. The first-order valence-corrected chi connectivity index (χ1v) is 8.96. The number of urea groups is 1. The van der Waals surface area contributed by atoms with Crippen molar-refractivity contribution >= 4 is 11.7 Å². The first kappa shape index (κ1) is 18.5. The third kappa shape index (κ3) is 4.47. The molecule has 0 aliphatic rings. The van der Waals surface area contributed by atoms with Crippen LogP contribution >= 0.6 is 0 Å². The summed E-state index contributed by atoms with van der Waals surface area (Å²) in [6, 6.07) is 17.0. The van der Waals surface area contributed by atoms with Gasteiger partial charge in [0.25, 0.3) is 0 Å². The van der Waals surface area contributed by atoms with Gasteiger partial charge in [-0.25, -0.2) is 9.48 Å². The van der Waals surface area contributed by atoms with E-state index in [1.807, 2.05) is 80.1 Å². The van der Waals surface area contributed by atoms with Crippen LogP contribution in [-0.2, 0) is 6.54 Å². The zero-order chi connectivity index (χ0) is 19.2.